The van der Waals surface area contributed by atoms with Crippen LogP contribution in [0.3, 0.4) is 0 Å². The van der Waals surface area contributed by atoms with Gasteiger partial charge >= 0.3 is 0 Å². The summed E-state index contributed by atoms with van der Waals surface area (Å²) in [5, 5.41) is 4.69. The molecule has 3 aromatic heterocycles. The molecule has 0 aliphatic rings. The number of benzene rings is 7. The molecule has 10 rings (SSSR count). The van der Waals surface area contributed by atoms with Crippen LogP contribution in [-0.4, -0.2) is 19.5 Å². The third kappa shape index (κ3) is 5.53. The minimum absolute atomic E-state index is 0.647. The van der Waals surface area contributed by atoms with Crippen LogP contribution in [0.1, 0.15) is 25.3 Å². The topological polar surface area (TPSA) is 56.7 Å². The molecule has 0 N–H and O–H groups in total. The van der Waals surface area contributed by atoms with Gasteiger partial charge in [0.25, 0.3) is 0 Å². The number of fused-ring (bicyclic) bond motifs is 6. The fourth-order valence-electron chi connectivity index (χ4n) is 7.75. The summed E-state index contributed by atoms with van der Waals surface area (Å²) < 4.78 is 8.58. The molecule has 0 radical (unpaired) electrons. The molecule has 54 heavy (non-hydrogen) atoms. The van der Waals surface area contributed by atoms with Gasteiger partial charge in [0.1, 0.15) is 11.2 Å². The Bertz CT molecular complexity index is 2960. The van der Waals surface area contributed by atoms with Gasteiger partial charge < -0.3 is 8.98 Å². The second-order valence-corrected chi connectivity index (χ2v) is 13.9. The zero-order valence-electron chi connectivity index (χ0n) is 29.9. The quantitative estimate of drug-likeness (QED) is 0.159. The van der Waals surface area contributed by atoms with Gasteiger partial charge in [0.2, 0.25) is 0 Å². The first kappa shape index (κ1) is 31.9. The Morgan fingerprint density at radius 1 is 0.481 bits per heavy atom. The Hall–Kier alpha value is -6.85. The smallest absolute Gasteiger partial charge is 0.164 e. The lowest BCUT2D eigenvalue weighted by atomic mass is 9.98. The normalized spacial score (nSPS) is 11.6. The lowest BCUT2D eigenvalue weighted by molar-refractivity contribution is 0.669. The summed E-state index contributed by atoms with van der Waals surface area (Å²) in [5.41, 5.74) is 11.7. The van der Waals surface area contributed by atoms with E-state index in [1.807, 2.05) is 42.5 Å². The Balaban J connectivity index is 1.06. The van der Waals surface area contributed by atoms with E-state index < -0.39 is 0 Å². The second kappa shape index (κ2) is 13.3. The van der Waals surface area contributed by atoms with Crippen LogP contribution in [0.15, 0.2) is 168 Å². The third-order valence-corrected chi connectivity index (χ3v) is 10.5. The summed E-state index contributed by atoms with van der Waals surface area (Å²) >= 11 is 0. The largest absolute Gasteiger partial charge is 0.456 e. The molecular formula is C49H36N4O. The van der Waals surface area contributed by atoms with E-state index in [4.69, 9.17) is 19.4 Å². The van der Waals surface area contributed by atoms with Gasteiger partial charge in [0.15, 0.2) is 17.5 Å². The molecule has 0 unspecified atom stereocenters. The van der Waals surface area contributed by atoms with Crippen LogP contribution in [0.2, 0.25) is 0 Å². The van der Waals surface area contributed by atoms with E-state index in [0.29, 0.717) is 17.5 Å². The van der Waals surface area contributed by atoms with E-state index in [1.54, 1.807) is 0 Å². The molecule has 7 aromatic carbocycles. The van der Waals surface area contributed by atoms with Crippen molar-refractivity contribution in [1.82, 2.24) is 19.5 Å². The molecule has 258 valence electrons. The van der Waals surface area contributed by atoms with Gasteiger partial charge in [-0.1, -0.05) is 123 Å². The van der Waals surface area contributed by atoms with Crippen molar-refractivity contribution >= 4 is 43.7 Å². The minimum atomic E-state index is 0.647. The molecule has 0 saturated carbocycles. The van der Waals surface area contributed by atoms with Crippen molar-refractivity contribution in [2.45, 2.75) is 26.2 Å². The molecule has 5 nitrogen and oxygen atoms in total. The monoisotopic (exact) mass is 696 g/mol. The molecule has 0 saturated heterocycles. The van der Waals surface area contributed by atoms with E-state index in [9.17, 15) is 0 Å². The summed E-state index contributed by atoms with van der Waals surface area (Å²) in [6.45, 7) is 2.23. The summed E-state index contributed by atoms with van der Waals surface area (Å²) in [6.07, 6.45) is 3.43. The maximum atomic E-state index is 6.23. The molecule has 0 amide bonds. The van der Waals surface area contributed by atoms with Gasteiger partial charge in [-0.05, 0) is 84.1 Å². The number of para-hydroxylation sites is 2. The van der Waals surface area contributed by atoms with Crippen molar-refractivity contribution in [2.24, 2.45) is 0 Å². The van der Waals surface area contributed by atoms with E-state index in [2.05, 4.69) is 133 Å². The summed E-state index contributed by atoms with van der Waals surface area (Å²) in [4.78, 5) is 15.0. The number of aryl methyl sites for hydroxylation is 1. The van der Waals surface area contributed by atoms with Crippen molar-refractivity contribution in [1.29, 1.82) is 0 Å². The molecular weight excluding hydrogens is 661 g/mol. The zero-order valence-corrected chi connectivity index (χ0v) is 29.9. The number of hydrogen-bond donors (Lipinski definition) is 0. The van der Waals surface area contributed by atoms with Gasteiger partial charge in [-0.3, -0.25) is 0 Å². The second-order valence-electron chi connectivity index (χ2n) is 13.9. The molecule has 0 aliphatic carbocycles. The molecule has 0 fully saturated rings. The minimum Gasteiger partial charge on any atom is -0.456 e. The lowest BCUT2D eigenvalue weighted by Gasteiger charge is -2.11. The summed E-state index contributed by atoms with van der Waals surface area (Å²) in [6, 6.07) is 57.4. The zero-order chi connectivity index (χ0) is 36.0. The van der Waals surface area contributed by atoms with Crippen LogP contribution >= 0.6 is 0 Å². The van der Waals surface area contributed by atoms with Gasteiger partial charge in [-0.15, -0.1) is 0 Å². The Morgan fingerprint density at radius 2 is 1.07 bits per heavy atom. The van der Waals surface area contributed by atoms with Gasteiger partial charge in [-0.25, -0.2) is 15.0 Å². The predicted molar refractivity (Wildman–Crippen MR) is 222 cm³/mol. The standard InChI is InChI=1S/C49H36N4O/c1-2-3-12-32-21-23-34(24-22-32)48-50-47(33-13-5-4-6-14-33)51-49(52-48)35-25-28-37(29-26-35)53-42-18-9-7-15-39(42)41-31-36(27-30-43(41)53)38-17-11-20-45-46(38)40-16-8-10-19-44(40)54-45/h4-11,13-31H,2-3,12H2,1H3. The third-order valence-electron chi connectivity index (χ3n) is 10.5. The fourth-order valence-corrected chi connectivity index (χ4v) is 7.75. The van der Waals surface area contributed by atoms with Gasteiger partial charge in [0.05, 0.1) is 11.0 Å². The molecule has 0 spiro atoms. The maximum Gasteiger partial charge on any atom is 0.164 e. The van der Waals surface area contributed by atoms with Crippen molar-refractivity contribution in [3.8, 4) is 51.0 Å². The first-order chi connectivity index (χ1) is 26.7. The Labute approximate surface area is 313 Å². The number of aromatic nitrogens is 4. The number of rotatable bonds is 8. The van der Waals surface area contributed by atoms with E-state index >= 15 is 0 Å². The summed E-state index contributed by atoms with van der Waals surface area (Å²) in [5.74, 6) is 1.97. The first-order valence-corrected chi connectivity index (χ1v) is 18.7. The molecule has 0 atom stereocenters. The SMILES string of the molecule is CCCCc1ccc(-c2nc(-c3ccccc3)nc(-c3ccc(-n4c5ccccc5c5cc(-c6cccc7oc8ccccc8c67)ccc54)cc3)n2)cc1. The Morgan fingerprint density at radius 3 is 1.81 bits per heavy atom. The van der Waals surface area contributed by atoms with Crippen molar-refractivity contribution < 1.29 is 4.42 Å². The van der Waals surface area contributed by atoms with E-state index in [-0.39, 0.29) is 0 Å². The number of furan rings is 1. The maximum absolute atomic E-state index is 6.23. The van der Waals surface area contributed by atoms with Crippen LogP contribution in [0.4, 0.5) is 0 Å². The number of nitrogens with zero attached hydrogens (tertiary/aromatic N) is 4. The van der Waals surface area contributed by atoms with Crippen LogP contribution < -0.4 is 0 Å². The highest BCUT2D eigenvalue weighted by Crippen LogP contribution is 2.40. The number of hydrogen-bond acceptors (Lipinski definition) is 4. The van der Waals surface area contributed by atoms with Gasteiger partial charge in [-0.2, -0.15) is 0 Å². The predicted octanol–water partition coefficient (Wildman–Crippen LogP) is 12.9. The number of unbranched alkanes of at least 4 members (excludes halogenated alkanes) is 1. The Kier molecular flexibility index (Phi) is 7.84. The average molecular weight is 697 g/mol. The van der Waals surface area contributed by atoms with Crippen molar-refractivity contribution in [3.05, 3.63) is 169 Å². The lowest BCUT2D eigenvalue weighted by Crippen LogP contribution is -2.00. The highest BCUT2D eigenvalue weighted by atomic mass is 16.3. The van der Waals surface area contributed by atoms with E-state index in [1.165, 1.54) is 34.7 Å². The molecule has 3 heterocycles. The summed E-state index contributed by atoms with van der Waals surface area (Å²) in [7, 11) is 0. The highest BCUT2D eigenvalue weighted by molar-refractivity contribution is 6.15. The van der Waals surface area contributed by atoms with Gasteiger partial charge in [0, 0.05) is 43.9 Å². The van der Waals surface area contributed by atoms with Crippen LogP contribution in [0.5, 0.6) is 0 Å². The van der Waals surface area contributed by atoms with Crippen molar-refractivity contribution in [3.63, 3.8) is 0 Å². The molecule has 0 aliphatic heterocycles. The first-order valence-electron chi connectivity index (χ1n) is 18.7. The molecule has 0 bridgehead atoms. The molecule has 5 heteroatoms. The van der Waals surface area contributed by atoms with Crippen LogP contribution in [0.25, 0.3) is 94.7 Å². The molecule has 10 aromatic rings. The van der Waals surface area contributed by atoms with Crippen LogP contribution in [-0.2, 0) is 6.42 Å². The van der Waals surface area contributed by atoms with Crippen LogP contribution in [0, 0.1) is 0 Å². The van der Waals surface area contributed by atoms with Crippen molar-refractivity contribution in [2.75, 3.05) is 0 Å². The highest BCUT2D eigenvalue weighted by Gasteiger charge is 2.17. The fraction of sp³-hybridized carbons (Fsp3) is 0.0816. The average Bonchev–Trinajstić information content (AvgIpc) is 3.79. The van der Waals surface area contributed by atoms with E-state index in [0.717, 1.165) is 67.3 Å².